The number of para-hydroxylation sites is 1. The molecule has 6 heteroatoms. The van der Waals surface area contributed by atoms with Crippen LogP contribution in [-0.4, -0.2) is 24.6 Å². The van der Waals surface area contributed by atoms with Gasteiger partial charge in [-0.1, -0.05) is 6.07 Å². The highest BCUT2D eigenvalue weighted by molar-refractivity contribution is 5.47. The second-order valence-corrected chi connectivity index (χ2v) is 3.33. The third kappa shape index (κ3) is 2.90. The van der Waals surface area contributed by atoms with Crippen molar-refractivity contribution in [2.75, 3.05) is 13.6 Å². The fourth-order valence-electron chi connectivity index (χ4n) is 1.29. The van der Waals surface area contributed by atoms with Gasteiger partial charge in [-0.05, 0) is 20.0 Å². The Bertz CT molecular complexity index is 384. The van der Waals surface area contributed by atoms with Gasteiger partial charge in [0.25, 0.3) is 0 Å². The van der Waals surface area contributed by atoms with Crippen LogP contribution < -0.4 is 10.1 Å². The molecular weight excluding hydrogens is 215 g/mol. The van der Waals surface area contributed by atoms with Crippen LogP contribution in [0.5, 0.6) is 5.75 Å². The van der Waals surface area contributed by atoms with Gasteiger partial charge in [0.05, 0.1) is 4.92 Å². The Hall–Kier alpha value is -1.69. The molecule has 0 aliphatic carbocycles. The minimum Gasteiger partial charge on any atom is -0.480 e. The Morgan fingerprint density at radius 1 is 1.62 bits per heavy atom. The normalized spacial score (nSPS) is 12.2. The van der Waals surface area contributed by atoms with Gasteiger partial charge in [-0.15, -0.1) is 0 Å². The van der Waals surface area contributed by atoms with Crippen molar-refractivity contribution in [3.05, 3.63) is 34.1 Å². The topological polar surface area (TPSA) is 64.4 Å². The highest BCUT2D eigenvalue weighted by atomic mass is 19.1. The molecule has 0 aliphatic heterocycles. The molecule has 0 saturated carbocycles. The molecule has 0 fully saturated rings. The second-order valence-electron chi connectivity index (χ2n) is 3.33. The molecule has 0 heterocycles. The van der Waals surface area contributed by atoms with Crippen molar-refractivity contribution in [1.29, 1.82) is 0 Å². The fraction of sp³-hybridized carbons (Fsp3) is 0.400. The summed E-state index contributed by atoms with van der Waals surface area (Å²) >= 11 is 0. The molecule has 0 bridgehead atoms. The zero-order valence-corrected chi connectivity index (χ0v) is 9.07. The van der Waals surface area contributed by atoms with Gasteiger partial charge in [-0.25, -0.2) is 4.39 Å². The monoisotopic (exact) mass is 228 g/mol. The van der Waals surface area contributed by atoms with Crippen molar-refractivity contribution in [3.63, 3.8) is 0 Å². The van der Waals surface area contributed by atoms with Gasteiger partial charge in [-0.2, -0.15) is 0 Å². The van der Waals surface area contributed by atoms with Gasteiger partial charge in [0.15, 0.2) is 5.82 Å². The van der Waals surface area contributed by atoms with E-state index in [0.717, 1.165) is 6.07 Å². The average Bonchev–Trinajstić information content (AvgIpc) is 2.21. The maximum absolute atomic E-state index is 13.4. The van der Waals surface area contributed by atoms with Gasteiger partial charge in [-0.3, -0.25) is 10.1 Å². The molecule has 16 heavy (non-hydrogen) atoms. The summed E-state index contributed by atoms with van der Waals surface area (Å²) in [5.41, 5.74) is -0.358. The highest BCUT2D eigenvalue weighted by Crippen LogP contribution is 2.30. The number of hydrogen-bond acceptors (Lipinski definition) is 4. The molecule has 1 atom stereocenters. The van der Waals surface area contributed by atoms with Crippen LogP contribution in [0.4, 0.5) is 10.1 Å². The third-order valence-corrected chi connectivity index (χ3v) is 1.95. The summed E-state index contributed by atoms with van der Waals surface area (Å²) in [6, 6.07) is 3.63. The van der Waals surface area contributed by atoms with Crippen LogP contribution in [-0.2, 0) is 0 Å². The summed E-state index contributed by atoms with van der Waals surface area (Å²) in [6.07, 6.45) is -0.347. The number of ether oxygens (including phenoxy) is 1. The predicted octanol–water partition coefficient (Wildman–Crippen LogP) is 1.72. The van der Waals surface area contributed by atoms with E-state index in [1.54, 1.807) is 14.0 Å². The molecule has 0 spiro atoms. The molecule has 1 aromatic rings. The number of rotatable bonds is 5. The van der Waals surface area contributed by atoms with Crippen LogP contribution in [0, 0.1) is 15.9 Å². The number of nitro groups is 1. The minimum atomic E-state index is -0.725. The van der Waals surface area contributed by atoms with E-state index in [-0.39, 0.29) is 17.5 Å². The summed E-state index contributed by atoms with van der Waals surface area (Å²) in [7, 11) is 1.72. The van der Waals surface area contributed by atoms with E-state index < -0.39 is 10.7 Å². The van der Waals surface area contributed by atoms with Crippen molar-refractivity contribution >= 4 is 5.69 Å². The molecule has 1 N–H and O–H groups in total. The summed E-state index contributed by atoms with van der Waals surface area (Å²) in [5.74, 6) is -1.03. The zero-order chi connectivity index (χ0) is 12.1. The van der Waals surface area contributed by atoms with Crippen LogP contribution in [0.25, 0.3) is 0 Å². The first-order chi connectivity index (χ1) is 7.56. The van der Waals surface area contributed by atoms with Crippen molar-refractivity contribution in [2.24, 2.45) is 0 Å². The van der Waals surface area contributed by atoms with E-state index in [4.69, 9.17) is 4.74 Å². The van der Waals surface area contributed by atoms with Crippen molar-refractivity contribution in [3.8, 4) is 5.75 Å². The number of halogens is 1. The van der Waals surface area contributed by atoms with Crippen molar-refractivity contribution in [1.82, 2.24) is 5.32 Å². The first-order valence-corrected chi connectivity index (χ1v) is 4.80. The van der Waals surface area contributed by atoms with Crippen molar-refractivity contribution in [2.45, 2.75) is 13.0 Å². The Labute approximate surface area is 92.4 Å². The van der Waals surface area contributed by atoms with E-state index in [2.05, 4.69) is 5.32 Å². The summed E-state index contributed by atoms with van der Waals surface area (Å²) in [5, 5.41) is 13.5. The third-order valence-electron chi connectivity index (χ3n) is 1.95. The number of nitro benzene ring substituents is 1. The van der Waals surface area contributed by atoms with Crippen molar-refractivity contribution < 1.29 is 14.1 Å². The maximum atomic E-state index is 13.4. The molecule has 0 aromatic heterocycles. The molecule has 0 aliphatic rings. The van der Waals surface area contributed by atoms with Gasteiger partial charge >= 0.3 is 5.69 Å². The largest absolute Gasteiger partial charge is 0.480 e. The molecule has 1 rings (SSSR count). The number of benzene rings is 1. The van der Waals surface area contributed by atoms with E-state index in [1.807, 2.05) is 0 Å². The highest BCUT2D eigenvalue weighted by Gasteiger charge is 2.20. The van der Waals surface area contributed by atoms with Crippen LogP contribution in [0.1, 0.15) is 6.92 Å². The second kappa shape index (κ2) is 5.41. The molecule has 88 valence electrons. The summed E-state index contributed by atoms with van der Waals surface area (Å²) < 4.78 is 18.6. The van der Waals surface area contributed by atoms with E-state index >= 15 is 0 Å². The van der Waals surface area contributed by atoms with E-state index in [0.29, 0.717) is 6.54 Å². The van der Waals surface area contributed by atoms with Gasteiger partial charge in [0, 0.05) is 12.6 Å². The SMILES string of the molecule is CNCC(C)Oc1c(F)cccc1[N+](=O)[O-]. The van der Waals surface area contributed by atoms with Crippen LogP contribution in [0.15, 0.2) is 18.2 Å². The number of nitrogens with one attached hydrogen (secondary N) is 1. The van der Waals surface area contributed by atoms with Crippen LogP contribution in [0.3, 0.4) is 0 Å². The lowest BCUT2D eigenvalue weighted by atomic mass is 10.3. The molecule has 1 aromatic carbocycles. The zero-order valence-electron chi connectivity index (χ0n) is 9.07. The van der Waals surface area contributed by atoms with Crippen LogP contribution >= 0.6 is 0 Å². The lowest BCUT2D eigenvalue weighted by Gasteiger charge is -2.14. The quantitative estimate of drug-likeness (QED) is 0.615. The maximum Gasteiger partial charge on any atom is 0.314 e. The Morgan fingerprint density at radius 2 is 2.31 bits per heavy atom. The van der Waals surface area contributed by atoms with E-state index in [9.17, 15) is 14.5 Å². The van der Waals surface area contributed by atoms with Gasteiger partial charge in [0.2, 0.25) is 5.75 Å². The van der Waals surface area contributed by atoms with Gasteiger partial charge in [0.1, 0.15) is 6.10 Å². The number of hydrogen-bond donors (Lipinski definition) is 1. The molecule has 0 radical (unpaired) electrons. The number of nitrogens with zero attached hydrogens (tertiary/aromatic N) is 1. The molecular formula is C10H13FN2O3. The van der Waals surface area contributed by atoms with Crippen LogP contribution in [0.2, 0.25) is 0 Å². The lowest BCUT2D eigenvalue weighted by Crippen LogP contribution is -2.26. The fourth-order valence-corrected chi connectivity index (χ4v) is 1.29. The molecule has 0 amide bonds. The van der Waals surface area contributed by atoms with E-state index in [1.165, 1.54) is 12.1 Å². The summed E-state index contributed by atoms with van der Waals surface area (Å²) in [6.45, 7) is 2.18. The standard InChI is InChI=1S/C10H13FN2O3/c1-7(6-12-2)16-10-8(11)4-3-5-9(10)13(14)15/h3-5,7,12H,6H2,1-2H3. The minimum absolute atomic E-state index is 0.310. The lowest BCUT2D eigenvalue weighted by molar-refractivity contribution is -0.386. The first kappa shape index (κ1) is 12.4. The first-order valence-electron chi connectivity index (χ1n) is 4.80. The Balaban J connectivity index is 2.97. The molecule has 1 unspecified atom stereocenters. The van der Waals surface area contributed by atoms with Gasteiger partial charge < -0.3 is 10.1 Å². The number of likely N-dealkylation sites (N-methyl/N-ethyl adjacent to an activating group) is 1. The smallest absolute Gasteiger partial charge is 0.314 e. The Kier molecular flexibility index (Phi) is 4.19. The molecule has 5 nitrogen and oxygen atoms in total. The average molecular weight is 228 g/mol. The predicted molar refractivity (Wildman–Crippen MR) is 57.1 cm³/mol. The summed E-state index contributed by atoms with van der Waals surface area (Å²) in [4.78, 5) is 9.99. The molecule has 0 saturated heterocycles. The Morgan fingerprint density at radius 3 is 2.88 bits per heavy atom.